The van der Waals surface area contributed by atoms with Crippen LogP contribution in [-0.2, 0) is 16.0 Å². The molecule has 188 valence electrons. The molecule has 36 heavy (non-hydrogen) atoms. The Hall–Kier alpha value is -3.45. The van der Waals surface area contributed by atoms with E-state index in [9.17, 15) is 9.59 Å². The van der Waals surface area contributed by atoms with Gasteiger partial charge in [0.1, 0.15) is 27.7 Å². The predicted octanol–water partition coefficient (Wildman–Crippen LogP) is 6.79. The van der Waals surface area contributed by atoms with E-state index in [0.29, 0.717) is 19.0 Å². The highest BCUT2D eigenvalue weighted by atomic mass is 32.2. The van der Waals surface area contributed by atoms with Gasteiger partial charge in [-0.1, -0.05) is 43.2 Å². The van der Waals surface area contributed by atoms with Crippen LogP contribution >= 0.6 is 11.8 Å². The minimum Gasteiger partial charge on any atom is -0.493 e. The quantitative estimate of drug-likeness (QED) is 0.289. The molecule has 6 nitrogen and oxygen atoms in total. The van der Waals surface area contributed by atoms with Gasteiger partial charge in [0.2, 0.25) is 5.91 Å². The minimum atomic E-state index is -0.902. The molecule has 3 aromatic carbocycles. The number of imide groups is 1. The fraction of sp³-hybridized carbons (Fsp3) is 0.310. The Labute approximate surface area is 216 Å². The van der Waals surface area contributed by atoms with Crippen molar-refractivity contribution in [3.8, 4) is 23.0 Å². The third-order valence-corrected chi connectivity index (χ3v) is 7.09. The fourth-order valence-electron chi connectivity index (χ4n) is 3.93. The van der Waals surface area contributed by atoms with E-state index in [1.165, 1.54) is 5.56 Å². The maximum Gasteiger partial charge on any atom is 0.287 e. The van der Waals surface area contributed by atoms with Crippen molar-refractivity contribution in [2.75, 3.05) is 13.2 Å². The molecule has 1 heterocycles. The molecular formula is C29H31NO5S. The Balaban J connectivity index is 1.26. The van der Waals surface area contributed by atoms with Crippen LogP contribution in [0.25, 0.3) is 0 Å². The molecule has 4 rings (SSSR count). The first-order chi connectivity index (χ1) is 17.4. The molecule has 1 N–H and O–H groups in total. The number of carbonyl (C=O) groups excluding carboxylic acids is 2. The number of hydrogen-bond donors (Lipinski definition) is 1. The average molecular weight is 506 g/mol. The van der Waals surface area contributed by atoms with Gasteiger partial charge < -0.3 is 14.2 Å². The number of hydrogen-bond acceptors (Lipinski definition) is 6. The fourth-order valence-corrected chi connectivity index (χ4v) is 4.84. The van der Waals surface area contributed by atoms with Gasteiger partial charge in [-0.2, -0.15) is 0 Å². The molecule has 1 atom stereocenters. The summed E-state index contributed by atoms with van der Waals surface area (Å²) >= 11 is 0.999. The number of ether oxygens (including phenoxy) is 3. The van der Waals surface area contributed by atoms with Crippen LogP contribution in [0.5, 0.6) is 23.0 Å². The van der Waals surface area contributed by atoms with Gasteiger partial charge in [0.05, 0.1) is 13.2 Å². The zero-order chi connectivity index (χ0) is 25.5. The molecule has 0 aromatic heterocycles. The van der Waals surface area contributed by atoms with E-state index in [2.05, 4.69) is 19.2 Å². The number of rotatable bonds is 11. The summed E-state index contributed by atoms with van der Waals surface area (Å²) in [5, 5.41) is 2.02. The van der Waals surface area contributed by atoms with Crippen LogP contribution in [0, 0.1) is 6.92 Å². The molecule has 2 amide bonds. The Morgan fingerprint density at radius 1 is 0.861 bits per heavy atom. The van der Waals surface area contributed by atoms with Crippen LogP contribution in [-0.4, -0.2) is 24.4 Å². The highest BCUT2D eigenvalue weighted by molar-refractivity contribution is 8.15. The summed E-state index contributed by atoms with van der Waals surface area (Å²) in [4.78, 5) is 23.7. The number of thioether (sulfide) groups is 1. The number of benzene rings is 3. The van der Waals surface area contributed by atoms with Crippen LogP contribution in [0.1, 0.15) is 43.4 Å². The van der Waals surface area contributed by atoms with Crippen LogP contribution in [0.3, 0.4) is 0 Å². The van der Waals surface area contributed by atoms with E-state index in [-0.39, 0.29) is 11.1 Å². The number of carbonyl (C=O) groups is 2. The molecule has 1 unspecified atom stereocenters. The molecule has 7 heteroatoms. The standard InChI is InChI=1S/C29H31NO5S/c1-4-6-21-19-25(35-24-11-7-20(2)8-12-24)15-16-26(21)34-18-5-17-33-23-13-9-22(10-14-23)29(3)27(31)30-28(32)36-29/h7-16,19H,4-6,17-18H2,1-3H3,(H,30,31,32). The Morgan fingerprint density at radius 3 is 2.19 bits per heavy atom. The molecule has 0 spiro atoms. The van der Waals surface area contributed by atoms with E-state index in [0.717, 1.165) is 59.4 Å². The maximum atomic E-state index is 12.1. The molecule has 3 aromatic rings. The molecule has 0 aliphatic carbocycles. The van der Waals surface area contributed by atoms with Crippen molar-refractivity contribution in [2.24, 2.45) is 0 Å². The molecule has 0 saturated carbocycles. The number of nitrogens with one attached hydrogen (secondary N) is 1. The van der Waals surface area contributed by atoms with Crippen LogP contribution in [0.2, 0.25) is 0 Å². The summed E-state index contributed by atoms with van der Waals surface area (Å²) in [6, 6.07) is 21.3. The summed E-state index contributed by atoms with van der Waals surface area (Å²) < 4.78 is 17.0. The molecule has 0 radical (unpaired) electrons. The lowest BCUT2D eigenvalue weighted by molar-refractivity contribution is -0.121. The molecule has 1 fully saturated rings. The second kappa shape index (κ2) is 11.5. The van der Waals surface area contributed by atoms with E-state index in [4.69, 9.17) is 14.2 Å². The van der Waals surface area contributed by atoms with E-state index in [1.807, 2.05) is 66.7 Å². The van der Waals surface area contributed by atoms with Crippen LogP contribution in [0.4, 0.5) is 4.79 Å². The number of amides is 2. The number of aryl methyl sites for hydroxylation is 2. The predicted molar refractivity (Wildman–Crippen MR) is 142 cm³/mol. The Morgan fingerprint density at radius 2 is 1.53 bits per heavy atom. The molecule has 0 bridgehead atoms. The third kappa shape index (κ3) is 6.21. The van der Waals surface area contributed by atoms with E-state index >= 15 is 0 Å². The molecular weight excluding hydrogens is 474 g/mol. The second-order valence-electron chi connectivity index (χ2n) is 8.89. The van der Waals surface area contributed by atoms with Crippen LogP contribution < -0.4 is 19.5 Å². The largest absolute Gasteiger partial charge is 0.493 e. The smallest absolute Gasteiger partial charge is 0.287 e. The van der Waals surface area contributed by atoms with E-state index < -0.39 is 4.75 Å². The normalized spacial score (nSPS) is 17.1. The van der Waals surface area contributed by atoms with Crippen LogP contribution in [0.15, 0.2) is 66.7 Å². The Bertz CT molecular complexity index is 1210. The highest BCUT2D eigenvalue weighted by Crippen LogP contribution is 2.41. The lowest BCUT2D eigenvalue weighted by Gasteiger charge is -2.19. The zero-order valence-corrected chi connectivity index (χ0v) is 21.7. The van der Waals surface area contributed by atoms with Crippen molar-refractivity contribution < 1.29 is 23.8 Å². The lowest BCUT2D eigenvalue weighted by atomic mass is 9.99. The van der Waals surface area contributed by atoms with Gasteiger partial charge in [-0.15, -0.1) is 0 Å². The van der Waals surface area contributed by atoms with Crippen molar-refractivity contribution in [1.82, 2.24) is 5.32 Å². The Kier molecular flexibility index (Phi) is 8.21. The maximum absolute atomic E-state index is 12.1. The van der Waals surface area contributed by atoms with Crippen molar-refractivity contribution in [1.29, 1.82) is 0 Å². The first-order valence-electron chi connectivity index (χ1n) is 12.2. The van der Waals surface area contributed by atoms with Gasteiger partial charge in [-0.25, -0.2) is 0 Å². The molecule has 1 aliphatic rings. The van der Waals surface area contributed by atoms with Gasteiger partial charge in [0.15, 0.2) is 0 Å². The average Bonchev–Trinajstić information content (AvgIpc) is 3.14. The van der Waals surface area contributed by atoms with Crippen molar-refractivity contribution in [2.45, 2.75) is 44.8 Å². The first-order valence-corrected chi connectivity index (χ1v) is 13.0. The third-order valence-electron chi connectivity index (χ3n) is 5.97. The monoisotopic (exact) mass is 505 g/mol. The zero-order valence-electron chi connectivity index (χ0n) is 20.8. The van der Waals surface area contributed by atoms with Gasteiger partial charge >= 0.3 is 0 Å². The summed E-state index contributed by atoms with van der Waals surface area (Å²) in [6.45, 7) is 6.98. The molecule has 1 aliphatic heterocycles. The summed E-state index contributed by atoms with van der Waals surface area (Å²) in [5.41, 5.74) is 3.09. The van der Waals surface area contributed by atoms with Gasteiger partial charge in [0.25, 0.3) is 5.24 Å². The van der Waals surface area contributed by atoms with Gasteiger partial charge in [0, 0.05) is 6.42 Å². The van der Waals surface area contributed by atoms with Crippen molar-refractivity contribution in [3.63, 3.8) is 0 Å². The summed E-state index contributed by atoms with van der Waals surface area (Å²) in [6.07, 6.45) is 2.64. The minimum absolute atomic E-state index is 0.291. The van der Waals surface area contributed by atoms with Gasteiger partial charge in [-0.05, 0) is 85.6 Å². The van der Waals surface area contributed by atoms with Crippen molar-refractivity contribution >= 4 is 22.9 Å². The summed E-state index contributed by atoms with van der Waals surface area (Å²) in [5.74, 6) is 2.90. The van der Waals surface area contributed by atoms with Gasteiger partial charge in [-0.3, -0.25) is 14.9 Å². The first kappa shape index (κ1) is 25.6. The van der Waals surface area contributed by atoms with E-state index in [1.54, 1.807) is 6.92 Å². The topological polar surface area (TPSA) is 73.9 Å². The lowest BCUT2D eigenvalue weighted by Crippen LogP contribution is -2.31. The second-order valence-corrected chi connectivity index (χ2v) is 10.3. The summed E-state index contributed by atoms with van der Waals surface area (Å²) in [7, 11) is 0. The highest BCUT2D eigenvalue weighted by Gasteiger charge is 2.45. The molecule has 1 saturated heterocycles. The SMILES string of the molecule is CCCc1cc(Oc2ccc(C)cc2)ccc1OCCCOc1ccc(C2(C)SC(=O)NC2=O)cc1. The van der Waals surface area contributed by atoms with Crippen molar-refractivity contribution in [3.05, 3.63) is 83.4 Å².